The van der Waals surface area contributed by atoms with Gasteiger partial charge in [-0.3, -0.25) is 9.59 Å². The first kappa shape index (κ1) is 12.7. The maximum Gasteiger partial charge on any atom is 0.246 e. The monoisotopic (exact) mass is 256 g/mol. The summed E-state index contributed by atoms with van der Waals surface area (Å²) in [5.74, 6) is 1.54. The number of thioether (sulfide) groups is 1. The van der Waals surface area contributed by atoms with E-state index < -0.39 is 0 Å². The minimum Gasteiger partial charge on any atom is -0.342 e. The molecule has 2 aliphatic rings. The van der Waals surface area contributed by atoms with E-state index in [1.165, 1.54) is 0 Å². The lowest BCUT2D eigenvalue weighted by molar-refractivity contribution is -0.147. The van der Waals surface area contributed by atoms with Gasteiger partial charge in [0.2, 0.25) is 11.8 Å². The molecule has 1 N–H and O–H groups in total. The van der Waals surface area contributed by atoms with Gasteiger partial charge >= 0.3 is 0 Å². The average Bonchev–Trinajstić information content (AvgIpc) is 3.12. The summed E-state index contributed by atoms with van der Waals surface area (Å²) in [6.07, 6.45) is 5.16. The Balaban J connectivity index is 1.99. The zero-order valence-corrected chi connectivity index (χ0v) is 11.3. The third-order valence-corrected chi connectivity index (χ3v) is 4.19. The van der Waals surface area contributed by atoms with Crippen molar-refractivity contribution in [2.75, 3.05) is 18.6 Å². The Morgan fingerprint density at radius 3 is 2.76 bits per heavy atom. The maximum absolute atomic E-state index is 12.3. The summed E-state index contributed by atoms with van der Waals surface area (Å²) in [4.78, 5) is 25.7. The largest absolute Gasteiger partial charge is 0.342 e. The fraction of sp³-hybridized carbons (Fsp3) is 0.833. The van der Waals surface area contributed by atoms with Crippen LogP contribution in [0, 0.1) is 5.92 Å². The van der Waals surface area contributed by atoms with Crippen LogP contribution in [-0.2, 0) is 9.59 Å². The first-order chi connectivity index (χ1) is 8.13. The number of piperazine rings is 1. The number of amides is 2. The zero-order valence-electron chi connectivity index (χ0n) is 10.4. The van der Waals surface area contributed by atoms with Crippen LogP contribution in [0.4, 0.5) is 0 Å². The summed E-state index contributed by atoms with van der Waals surface area (Å²) in [5, 5.41) is 2.83. The molecule has 2 amide bonds. The van der Waals surface area contributed by atoms with Gasteiger partial charge in [-0.05, 0) is 44.1 Å². The van der Waals surface area contributed by atoms with Gasteiger partial charge in [-0.25, -0.2) is 0 Å². The second kappa shape index (κ2) is 5.29. The van der Waals surface area contributed by atoms with Crippen LogP contribution in [0.15, 0.2) is 0 Å². The van der Waals surface area contributed by atoms with Gasteiger partial charge in [-0.1, -0.05) is 0 Å². The quantitative estimate of drug-likeness (QED) is 0.794. The molecule has 0 spiro atoms. The molecule has 96 valence electrons. The lowest BCUT2D eigenvalue weighted by Crippen LogP contribution is -2.61. The van der Waals surface area contributed by atoms with Crippen LogP contribution in [-0.4, -0.2) is 47.4 Å². The highest BCUT2D eigenvalue weighted by Crippen LogP contribution is 2.34. The van der Waals surface area contributed by atoms with Crippen LogP contribution < -0.4 is 5.32 Å². The highest BCUT2D eigenvalue weighted by Gasteiger charge is 2.43. The van der Waals surface area contributed by atoms with Gasteiger partial charge in [0.25, 0.3) is 0 Å². The van der Waals surface area contributed by atoms with Crippen LogP contribution in [0.5, 0.6) is 0 Å². The van der Waals surface area contributed by atoms with Crippen molar-refractivity contribution in [2.24, 2.45) is 5.92 Å². The van der Waals surface area contributed by atoms with E-state index in [1.807, 2.05) is 6.92 Å². The van der Waals surface area contributed by atoms with E-state index in [0.29, 0.717) is 5.92 Å². The number of hydrogen-bond donors (Lipinski definition) is 1. The zero-order chi connectivity index (χ0) is 12.4. The summed E-state index contributed by atoms with van der Waals surface area (Å²) < 4.78 is 0. The fourth-order valence-electron chi connectivity index (χ4n) is 2.26. The minimum absolute atomic E-state index is 0.00231. The standard InChI is InChI=1S/C12H20N2O2S/c1-8(5-6-17-2)14-7-10(15)13-11(12(14)16)9-3-4-9/h8-9,11H,3-7H2,1-2H3,(H,13,15). The number of carbonyl (C=O) groups is 2. The van der Waals surface area contributed by atoms with Gasteiger partial charge in [0.05, 0.1) is 6.54 Å². The molecule has 4 nitrogen and oxygen atoms in total. The average molecular weight is 256 g/mol. The molecule has 1 saturated carbocycles. The molecule has 1 aliphatic carbocycles. The molecule has 0 radical (unpaired) electrons. The minimum atomic E-state index is -0.243. The van der Waals surface area contributed by atoms with Crippen molar-refractivity contribution in [3.8, 4) is 0 Å². The molecule has 1 saturated heterocycles. The topological polar surface area (TPSA) is 49.4 Å². The Labute approximate surface area is 106 Å². The van der Waals surface area contributed by atoms with E-state index in [-0.39, 0.29) is 30.4 Å². The highest BCUT2D eigenvalue weighted by atomic mass is 32.2. The first-order valence-corrected chi connectivity index (χ1v) is 7.61. The first-order valence-electron chi connectivity index (χ1n) is 6.22. The summed E-state index contributed by atoms with van der Waals surface area (Å²) in [6.45, 7) is 2.27. The van der Waals surface area contributed by atoms with Crippen molar-refractivity contribution in [2.45, 2.75) is 38.3 Å². The van der Waals surface area contributed by atoms with E-state index in [2.05, 4.69) is 11.6 Å². The summed E-state index contributed by atoms with van der Waals surface area (Å²) in [7, 11) is 0. The summed E-state index contributed by atoms with van der Waals surface area (Å²) in [6, 6.07) is -0.0739. The van der Waals surface area contributed by atoms with Crippen LogP contribution in [0.25, 0.3) is 0 Å². The van der Waals surface area contributed by atoms with Crippen molar-refractivity contribution in [3.05, 3.63) is 0 Å². The third kappa shape index (κ3) is 2.94. The van der Waals surface area contributed by atoms with E-state index in [9.17, 15) is 9.59 Å². The van der Waals surface area contributed by atoms with Crippen molar-refractivity contribution >= 4 is 23.6 Å². The number of nitrogens with one attached hydrogen (secondary N) is 1. The van der Waals surface area contributed by atoms with E-state index >= 15 is 0 Å². The van der Waals surface area contributed by atoms with Crippen molar-refractivity contribution in [3.63, 3.8) is 0 Å². The molecule has 1 heterocycles. The maximum atomic E-state index is 12.3. The number of carbonyl (C=O) groups excluding carboxylic acids is 2. The second-order valence-electron chi connectivity index (χ2n) is 4.98. The third-order valence-electron chi connectivity index (χ3n) is 3.54. The molecule has 2 unspecified atom stereocenters. The number of nitrogens with zero attached hydrogens (tertiary/aromatic N) is 1. The Bertz CT molecular complexity index is 318. The van der Waals surface area contributed by atoms with Crippen molar-refractivity contribution in [1.82, 2.24) is 10.2 Å². The second-order valence-corrected chi connectivity index (χ2v) is 5.96. The van der Waals surface area contributed by atoms with E-state index in [4.69, 9.17) is 0 Å². The van der Waals surface area contributed by atoms with E-state index in [0.717, 1.165) is 25.0 Å². The normalized spacial score (nSPS) is 26.9. The SMILES string of the molecule is CSCCC(C)N1CC(=O)NC(C2CC2)C1=O. The van der Waals surface area contributed by atoms with Crippen LogP contribution in [0.1, 0.15) is 26.2 Å². The molecule has 0 aromatic rings. The molecule has 2 fully saturated rings. The van der Waals surface area contributed by atoms with Crippen LogP contribution in [0.2, 0.25) is 0 Å². The van der Waals surface area contributed by atoms with Crippen LogP contribution >= 0.6 is 11.8 Å². The van der Waals surface area contributed by atoms with Gasteiger partial charge in [0, 0.05) is 6.04 Å². The highest BCUT2D eigenvalue weighted by molar-refractivity contribution is 7.98. The Morgan fingerprint density at radius 1 is 1.47 bits per heavy atom. The van der Waals surface area contributed by atoms with Gasteiger partial charge in [0.15, 0.2) is 0 Å². The number of hydrogen-bond acceptors (Lipinski definition) is 3. The van der Waals surface area contributed by atoms with Crippen LogP contribution in [0.3, 0.4) is 0 Å². The lowest BCUT2D eigenvalue weighted by Gasteiger charge is -2.36. The predicted octanol–water partition coefficient (Wildman–Crippen LogP) is 0.865. The molecule has 2 atom stereocenters. The molecule has 0 aromatic heterocycles. The summed E-state index contributed by atoms with van der Waals surface area (Å²) in [5.41, 5.74) is 0. The molecule has 1 aliphatic heterocycles. The van der Waals surface area contributed by atoms with Gasteiger partial charge in [0.1, 0.15) is 6.04 Å². The number of rotatable bonds is 5. The molecule has 0 aromatic carbocycles. The van der Waals surface area contributed by atoms with Crippen molar-refractivity contribution in [1.29, 1.82) is 0 Å². The molecule has 2 rings (SSSR count). The molecule has 0 bridgehead atoms. The Kier molecular flexibility index (Phi) is 3.97. The van der Waals surface area contributed by atoms with E-state index in [1.54, 1.807) is 16.7 Å². The predicted molar refractivity (Wildman–Crippen MR) is 68.8 cm³/mol. The summed E-state index contributed by atoms with van der Waals surface area (Å²) >= 11 is 1.78. The van der Waals surface area contributed by atoms with Gasteiger partial charge in [-0.2, -0.15) is 11.8 Å². The Hall–Kier alpha value is -0.710. The smallest absolute Gasteiger partial charge is 0.246 e. The molecule has 5 heteroatoms. The molecule has 17 heavy (non-hydrogen) atoms. The van der Waals surface area contributed by atoms with Gasteiger partial charge in [-0.15, -0.1) is 0 Å². The molecular formula is C12H20N2O2S. The van der Waals surface area contributed by atoms with Gasteiger partial charge < -0.3 is 10.2 Å². The Morgan fingerprint density at radius 2 is 2.18 bits per heavy atom. The van der Waals surface area contributed by atoms with Crippen molar-refractivity contribution < 1.29 is 9.59 Å². The molecular weight excluding hydrogens is 236 g/mol. The lowest BCUT2D eigenvalue weighted by atomic mass is 10.1. The fourth-order valence-corrected chi connectivity index (χ4v) is 2.84.